The standard InChI is InChI=1S/C23H25NO2S/c1-3-4-5-6-10-19-24(20-11-14-22-12-8-7-9-13-22)27(25,26)23-17-15-21(2)16-18-23/h5,7-10,12-13,15-18H,3-4,19-20H2,1-2H3. The number of aryl methyl sites for hydroxylation is 1. The van der Waals surface area contributed by atoms with E-state index in [0.29, 0.717) is 0 Å². The van der Waals surface area contributed by atoms with Crippen molar-refractivity contribution in [3.63, 3.8) is 0 Å². The first kappa shape index (κ1) is 20.7. The van der Waals surface area contributed by atoms with Crippen LogP contribution < -0.4 is 0 Å². The predicted molar refractivity (Wildman–Crippen MR) is 111 cm³/mol. The molecule has 140 valence electrons. The van der Waals surface area contributed by atoms with Crippen LogP contribution in [0.5, 0.6) is 0 Å². The summed E-state index contributed by atoms with van der Waals surface area (Å²) in [5.74, 6) is 6.00. The minimum absolute atomic E-state index is 0.122. The second-order valence-electron chi connectivity index (χ2n) is 6.14. The summed E-state index contributed by atoms with van der Waals surface area (Å²) in [6.45, 7) is 4.38. The lowest BCUT2D eigenvalue weighted by atomic mass is 10.2. The molecule has 0 saturated heterocycles. The van der Waals surface area contributed by atoms with Crippen LogP contribution in [0.4, 0.5) is 0 Å². The van der Waals surface area contributed by atoms with Gasteiger partial charge in [0.2, 0.25) is 10.0 Å². The number of rotatable bonds is 7. The molecule has 0 fully saturated rings. The summed E-state index contributed by atoms with van der Waals surface area (Å²) >= 11 is 0. The molecule has 0 aromatic heterocycles. The van der Waals surface area contributed by atoms with Crippen LogP contribution in [0.15, 0.2) is 77.4 Å². The number of unbranched alkanes of at least 4 members (excludes halogenated alkanes) is 1. The molecule has 0 radical (unpaired) electrons. The van der Waals surface area contributed by atoms with E-state index >= 15 is 0 Å². The third-order valence-electron chi connectivity index (χ3n) is 3.88. The van der Waals surface area contributed by atoms with Gasteiger partial charge in [-0.1, -0.05) is 61.1 Å². The highest BCUT2D eigenvalue weighted by Crippen LogP contribution is 2.16. The van der Waals surface area contributed by atoms with Crippen molar-refractivity contribution in [3.05, 3.63) is 83.6 Å². The lowest BCUT2D eigenvalue weighted by molar-refractivity contribution is 0.478. The Morgan fingerprint density at radius 2 is 1.70 bits per heavy atom. The molecule has 0 N–H and O–H groups in total. The topological polar surface area (TPSA) is 37.4 Å². The highest BCUT2D eigenvalue weighted by Gasteiger charge is 2.22. The van der Waals surface area contributed by atoms with E-state index in [1.54, 1.807) is 30.3 Å². The monoisotopic (exact) mass is 379 g/mol. The van der Waals surface area contributed by atoms with Crippen LogP contribution in [0, 0.1) is 18.8 Å². The fourth-order valence-electron chi connectivity index (χ4n) is 2.32. The third-order valence-corrected chi connectivity index (χ3v) is 5.71. The van der Waals surface area contributed by atoms with Gasteiger partial charge >= 0.3 is 0 Å². The first-order valence-corrected chi connectivity index (χ1v) is 10.5. The lowest BCUT2D eigenvalue weighted by Gasteiger charge is -2.18. The Bertz CT molecular complexity index is 943. The van der Waals surface area contributed by atoms with Crippen molar-refractivity contribution in [2.24, 2.45) is 0 Å². The molecule has 3 nitrogen and oxygen atoms in total. The zero-order valence-corrected chi connectivity index (χ0v) is 16.7. The highest BCUT2D eigenvalue weighted by atomic mass is 32.2. The van der Waals surface area contributed by atoms with Crippen molar-refractivity contribution in [3.8, 4) is 11.8 Å². The van der Waals surface area contributed by atoms with Crippen LogP contribution in [-0.4, -0.2) is 25.8 Å². The van der Waals surface area contributed by atoms with Gasteiger partial charge in [-0.25, -0.2) is 8.42 Å². The zero-order valence-electron chi connectivity index (χ0n) is 15.9. The van der Waals surface area contributed by atoms with Crippen LogP contribution in [0.1, 0.15) is 30.9 Å². The number of sulfonamides is 1. The maximum Gasteiger partial charge on any atom is 0.244 e. The zero-order chi connectivity index (χ0) is 19.5. The van der Waals surface area contributed by atoms with Gasteiger partial charge in [-0.3, -0.25) is 0 Å². The molecule has 0 amide bonds. The van der Waals surface area contributed by atoms with Gasteiger partial charge in [0, 0.05) is 12.1 Å². The van der Waals surface area contributed by atoms with Gasteiger partial charge in [0.05, 0.1) is 11.4 Å². The molecule has 0 bridgehead atoms. The predicted octanol–water partition coefficient (Wildman–Crippen LogP) is 4.55. The molecule has 27 heavy (non-hydrogen) atoms. The van der Waals surface area contributed by atoms with Crippen LogP contribution in [0.2, 0.25) is 0 Å². The first-order valence-electron chi connectivity index (χ1n) is 9.04. The molecule has 0 heterocycles. The Morgan fingerprint density at radius 1 is 1.00 bits per heavy atom. The van der Waals surface area contributed by atoms with E-state index in [-0.39, 0.29) is 18.0 Å². The number of benzene rings is 2. The highest BCUT2D eigenvalue weighted by molar-refractivity contribution is 7.89. The average Bonchev–Trinajstić information content (AvgIpc) is 2.67. The van der Waals surface area contributed by atoms with Crippen LogP contribution in [0.3, 0.4) is 0 Å². The van der Waals surface area contributed by atoms with E-state index in [1.807, 2.05) is 43.3 Å². The number of hydrogen-bond donors (Lipinski definition) is 0. The Labute approximate surface area is 163 Å². The number of nitrogens with zero attached hydrogens (tertiary/aromatic N) is 1. The molecule has 0 spiro atoms. The van der Waals surface area contributed by atoms with E-state index < -0.39 is 10.0 Å². The summed E-state index contributed by atoms with van der Waals surface area (Å²) in [6, 6.07) is 16.4. The van der Waals surface area contributed by atoms with E-state index in [2.05, 4.69) is 24.5 Å². The normalized spacial score (nSPS) is 10.6. The molecule has 0 aliphatic rings. The molecule has 0 unspecified atom stereocenters. The van der Waals surface area contributed by atoms with Gasteiger partial charge < -0.3 is 0 Å². The van der Waals surface area contributed by atoms with Crippen LogP contribution >= 0.6 is 0 Å². The Balaban J connectivity index is 2.24. The molecule has 2 rings (SSSR count). The molecular formula is C23H25NO2S. The largest absolute Gasteiger partial charge is 0.244 e. The summed E-state index contributed by atoms with van der Waals surface area (Å²) < 4.78 is 27.4. The molecule has 0 aliphatic heterocycles. The quantitative estimate of drug-likeness (QED) is 0.523. The molecular weight excluding hydrogens is 354 g/mol. The van der Waals surface area contributed by atoms with E-state index in [0.717, 1.165) is 24.0 Å². The minimum Gasteiger partial charge on any atom is -0.207 e. The molecule has 0 atom stereocenters. The Kier molecular flexibility index (Phi) is 8.10. The van der Waals surface area contributed by atoms with Crippen LogP contribution in [0.25, 0.3) is 0 Å². The molecule has 0 aliphatic carbocycles. The Morgan fingerprint density at radius 3 is 2.37 bits per heavy atom. The summed E-state index contributed by atoms with van der Waals surface area (Å²) in [6.07, 6.45) is 5.63. The maximum atomic E-state index is 13.0. The second-order valence-corrected chi connectivity index (χ2v) is 8.08. The molecule has 2 aromatic rings. The molecule has 0 saturated carbocycles. The number of hydrogen-bond acceptors (Lipinski definition) is 2. The van der Waals surface area contributed by atoms with E-state index in [9.17, 15) is 8.42 Å². The minimum atomic E-state index is -3.62. The van der Waals surface area contributed by atoms with Gasteiger partial charge in [-0.15, -0.1) is 5.73 Å². The van der Waals surface area contributed by atoms with Crippen molar-refractivity contribution in [2.45, 2.75) is 31.6 Å². The maximum absolute atomic E-state index is 13.0. The van der Waals surface area contributed by atoms with Crippen molar-refractivity contribution in [1.82, 2.24) is 4.31 Å². The van der Waals surface area contributed by atoms with Crippen molar-refractivity contribution < 1.29 is 8.42 Å². The molecule has 4 heteroatoms. The molecule has 2 aromatic carbocycles. The average molecular weight is 380 g/mol. The summed E-state index contributed by atoms with van der Waals surface area (Å²) in [5.41, 5.74) is 4.94. The van der Waals surface area contributed by atoms with Crippen molar-refractivity contribution >= 4 is 10.0 Å². The van der Waals surface area contributed by atoms with Crippen molar-refractivity contribution in [2.75, 3.05) is 13.1 Å². The summed E-state index contributed by atoms with van der Waals surface area (Å²) in [5, 5.41) is 0. The van der Waals surface area contributed by atoms with E-state index in [4.69, 9.17) is 0 Å². The van der Waals surface area contributed by atoms with Crippen LogP contribution in [-0.2, 0) is 10.0 Å². The SMILES string of the molecule is CCCC=C=CCN(CC#Cc1ccccc1)S(=O)(=O)c1ccc(C)cc1. The van der Waals surface area contributed by atoms with Gasteiger partial charge in [0.15, 0.2) is 0 Å². The lowest BCUT2D eigenvalue weighted by Crippen LogP contribution is -2.31. The van der Waals surface area contributed by atoms with Crippen molar-refractivity contribution in [1.29, 1.82) is 0 Å². The summed E-state index contributed by atoms with van der Waals surface area (Å²) in [7, 11) is -3.62. The van der Waals surface area contributed by atoms with Gasteiger partial charge in [-0.05, 0) is 49.8 Å². The van der Waals surface area contributed by atoms with Gasteiger partial charge in [0.1, 0.15) is 0 Å². The Hall–Kier alpha value is -2.57. The van der Waals surface area contributed by atoms with Gasteiger partial charge in [0.25, 0.3) is 0 Å². The van der Waals surface area contributed by atoms with Gasteiger partial charge in [-0.2, -0.15) is 4.31 Å². The second kappa shape index (κ2) is 10.5. The van der Waals surface area contributed by atoms with E-state index in [1.165, 1.54) is 4.31 Å². The third kappa shape index (κ3) is 6.58. The smallest absolute Gasteiger partial charge is 0.207 e. The first-order chi connectivity index (χ1) is 13.0. The fourth-order valence-corrected chi connectivity index (χ4v) is 3.61. The summed E-state index contributed by atoms with van der Waals surface area (Å²) in [4.78, 5) is 0.278. The fraction of sp³-hybridized carbons (Fsp3) is 0.261.